The second-order valence-electron chi connectivity index (χ2n) is 8.19. The number of nitrogens with zero attached hydrogens (tertiary/aromatic N) is 1. The Bertz CT molecular complexity index is 1340. The van der Waals surface area contributed by atoms with E-state index in [4.69, 9.17) is 9.15 Å². The molecule has 0 aliphatic heterocycles. The molecule has 4 aromatic rings. The highest BCUT2D eigenvalue weighted by molar-refractivity contribution is 6.08. The topological polar surface area (TPSA) is 64.4 Å². The van der Waals surface area contributed by atoms with E-state index in [9.17, 15) is 4.79 Å². The highest BCUT2D eigenvalue weighted by Crippen LogP contribution is 2.38. The van der Waals surface area contributed by atoms with Crippen LogP contribution in [-0.4, -0.2) is 17.5 Å². The Morgan fingerprint density at radius 3 is 2.91 bits per heavy atom. The average molecular weight is 427 g/mol. The van der Waals surface area contributed by atoms with Crippen LogP contribution in [0.5, 0.6) is 5.75 Å². The largest absolute Gasteiger partial charge is 0.493 e. The van der Waals surface area contributed by atoms with Gasteiger partial charge >= 0.3 is 0 Å². The molecule has 2 aromatic carbocycles. The van der Waals surface area contributed by atoms with Crippen LogP contribution in [0.4, 0.5) is 5.69 Å². The number of allylic oxidation sites excluding steroid dienone is 1. The van der Waals surface area contributed by atoms with Gasteiger partial charge in [-0.15, -0.1) is 0 Å². The van der Waals surface area contributed by atoms with Gasteiger partial charge in [-0.25, -0.2) is 0 Å². The lowest BCUT2D eigenvalue weighted by atomic mass is 9.94. The van der Waals surface area contributed by atoms with Crippen molar-refractivity contribution < 1.29 is 13.9 Å². The number of benzene rings is 2. The lowest BCUT2D eigenvalue weighted by Crippen LogP contribution is -2.09. The number of para-hydroxylation sites is 1. The first-order valence-corrected chi connectivity index (χ1v) is 11.2. The Balaban J connectivity index is 1.50. The predicted octanol–water partition coefficient (Wildman–Crippen LogP) is 6.30. The van der Waals surface area contributed by atoms with E-state index in [2.05, 4.69) is 16.4 Å². The maximum Gasteiger partial charge on any atom is 0.248 e. The van der Waals surface area contributed by atoms with E-state index in [-0.39, 0.29) is 5.91 Å². The van der Waals surface area contributed by atoms with Crippen molar-refractivity contribution in [3.8, 4) is 5.75 Å². The highest BCUT2D eigenvalue weighted by atomic mass is 16.5. The fourth-order valence-electron chi connectivity index (χ4n) is 4.52. The van der Waals surface area contributed by atoms with E-state index >= 15 is 0 Å². The number of fused-ring (bicyclic) bond motifs is 4. The third-order valence-electron chi connectivity index (χ3n) is 6.02. The minimum atomic E-state index is -0.197. The Kier molecular flexibility index (Phi) is 5.39. The molecular formula is C27H26N2O3. The molecule has 1 aliphatic rings. The molecule has 0 saturated carbocycles. The van der Waals surface area contributed by atoms with Crippen molar-refractivity contribution in [2.75, 3.05) is 11.9 Å². The van der Waals surface area contributed by atoms with Gasteiger partial charge in [-0.2, -0.15) is 0 Å². The number of amides is 1. The molecule has 0 atom stereocenters. The van der Waals surface area contributed by atoms with Crippen molar-refractivity contribution >= 4 is 39.0 Å². The summed E-state index contributed by atoms with van der Waals surface area (Å²) in [6.07, 6.45) is 7.72. The molecule has 2 heterocycles. The minimum Gasteiger partial charge on any atom is -0.493 e. The highest BCUT2D eigenvalue weighted by Gasteiger charge is 2.20. The van der Waals surface area contributed by atoms with Gasteiger partial charge < -0.3 is 14.5 Å². The molecule has 0 spiro atoms. The average Bonchev–Trinajstić information content (AvgIpc) is 3.16. The zero-order chi connectivity index (χ0) is 22.1. The summed E-state index contributed by atoms with van der Waals surface area (Å²) in [5.41, 5.74) is 5.39. The summed E-state index contributed by atoms with van der Waals surface area (Å²) in [6, 6.07) is 13.7. The molecule has 1 amide bonds. The molecule has 0 bridgehead atoms. The lowest BCUT2D eigenvalue weighted by Gasteiger charge is -2.12. The Morgan fingerprint density at radius 1 is 1.19 bits per heavy atom. The maximum atomic E-state index is 12.9. The van der Waals surface area contributed by atoms with Crippen molar-refractivity contribution in [3.05, 3.63) is 71.6 Å². The Hall–Kier alpha value is -3.60. The van der Waals surface area contributed by atoms with E-state index in [1.807, 2.05) is 50.2 Å². The van der Waals surface area contributed by atoms with Crippen LogP contribution in [0.25, 0.3) is 27.4 Å². The zero-order valence-corrected chi connectivity index (χ0v) is 18.4. The summed E-state index contributed by atoms with van der Waals surface area (Å²) in [5.74, 6) is 1.63. The van der Waals surface area contributed by atoms with Crippen LogP contribution in [0.3, 0.4) is 0 Å². The molecule has 0 radical (unpaired) electrons. The molecule has 2 aromatic heterocycles. The summed E-state index contributed by atoms with van der Waals surface area (Å²) in [5, 5.41) is 5.10. The zero-order valence-electron chi connectivity index (χ0n) is 18.4. The van der Waals surface area contributed by atoms with Crippen LogP contribution >= 0.6 is 0 Å². The van der Waals surface area contributed by atoms with Gasteiger partial charge in [0.1, 0.15) is 17.1 Å². The molecule has 0 saturated heterocycles. The monoisotopic (exact) mass is 426 g/mol. The van der Waals surface area contributed by atoms with Crippen LogP contribution in [0.15, 0.2) is 59.2 Å². The number of carbonyl (C=O) groups excluding carboxylic acids is 1. The molecule has 1 N–H and O–H groups in total. The molecule has 162 valence electrons. The van der Waals surface area contributed by atoms with Crippen molar-refractivity contribution in [1.82, 2.24) is 4.98 Å². The van der Waals surface area contributed by atoms with Gasteiger partial charge in [0.2, 0.25) is 5.91 Å². The van der Waals surface area contributed by atoms with E-state index < -0.39 is 0 Å². The van der Waals surface area contributed by atoms with Crippen LogP contribution in [0.1, 0.15) is 43.6 Å². The molecule has 5 heteroatoms. The summed E-state index contributed by atoms with van der Waals surface area (Å²) in [6.45, 7) is 4.44. The number of aromatic nitrogens is 1. The molecule has 32 heavy (non-hydrogen) atoms. The van der Waals surface area contributed by atoms with Crippen molar-refractivity contribution in [2.24, 2.45) is 0 Å². The SMILES string of the molecule is CCOc1cc2oc3c(c2cc1/C(C)=C/C(=O)Nc1cccc2cccnc12)CCCC3. The number of anilines is 1. The fraction of sp³-hybridized carbons (Fsp3) is 0.259. The van der Waals surface area contributed by atoms with E-state index in [1.165, 1.54) is 18.4 Å². The molecule has 5 nitrogen and oxygen atoms in total. The number of ether oxygens (including phenoxy) is 1. The third kappa shape index (κ3) is 3.75. The first kappa shape index (κ1) is 20.3. The van der Waals surface area contributed by atoms with Crippen LogP contribution in [0, 0.1) is 0 Å². The summed E-state index contributed by atoms with van der Waals surface area (Å²) < 4.78 is 12.0. The number of aryl methyl sites for hydroxylation is 2. The lowest BCUT2D eigenvalue weighted by molar-refractivity contribution is -0.111. The second kappa shape index (κ2) is 8.50. The maximum absolute atomic E-state index is 12.9. The first-order chi connectivity index (χ1) is 15.6. The smallest absolute Gasteiger partial charge is 0.248 e. The normalized spacial score (nSPS) is 13.9. The van der Waals surface area contributed by atoms with E-state index in [0.717, 1.165) is 57.4 Å². The van der Waals surface area contributed by atoms with Gasteiger partial charge in [0.05, 0.1) is 17.8 Å². The molecular weight excluding hydrogens is 400 g/mol. The van der Waals surface area contributed by atoms with E-state index in [1.54, 1.807) is 12.3 Å². The van der Waals surface area contributed by atoms with Crippen LogP contribution in [-0.2, 0) is 17.6 Å². The van der Waals surface area contributed by atoms with Gasteiger partial charge in [-0.3, -0.25) is 9.78 Å². The van der Waals surface area contributed by atoms with Gasteiger partial charge in [0.25, 0.3) is 0 Å². The quantitative estimate of drug-likeness (QED) is 0.380. The number of hydrogen-bond acceptors (Lipinski definition) is 4. The standard InChI is InChI=1S/C27H26N2O3/c1-3-31-24-16-25-21(19-10-4-5-12-23(19)32-25)15-20(24)17(2)14-26(30)29-22-11-6-8-18-9-7-13-28-27(18)22/h6-9,11,13-16H,3-5,10,12H2,1-2H3,(H,29,30)/b17-14+. The molecule has 1 aliphatic carbocycles. The number of carbonyl (C=O) groups is 1. The van der Waals surface area contributed by atoms with Crippen LogP contribution < -0.4 is 10.1 Å². The molecule has 0 unspecified atom stereocenters. The Morgan fingerprint density at radius 2 is 2.03 bits per heavy atom. The van der Waals surface area contributed by atoms with Crippen molar-refractivity contribution in [1.29, 1.82) is 0 Å². The van der Waals surface area contributed by atoms with E-state index in [0.29, 0.717) is 12.3 Å². The number of rotatable bonds is 5. The third-order valence-corrected chi connectivity index (χ3v) is 6.02. The van der Waals surface area contributed by atoms with Gasteiger partial charge in [0, 0.05) is 46.7 Å². The number of pyridine rings is 1. The van der Waals surface area contributed by atoms with Gasteiger partial charge in [-0.05, 0) is 56.9 Å². The fourth-order valence-corrected chi connectivity index (χ4v) is 4.52. The summed E-state index contributed by atoms with van der Waals surface area (Å²) in [7, 11) is 0. The first-order valence-electron chi connectivity index (χ1n) is 11.2. The van der Waals surface area contributed by atoms with Crippen molar-refractivity contribution in [2.45, 2.75) is 39.5 Å². The van der Waals surface area contributed by atoms with Gasteiger partial charge in [0.15, 0.2) is 0 Å². The summed E-state index contributed by atoms with van der Waals surface area (Å²) in [4.78, 5) is 17.3. The minimum absolute atomic E-state index is 0.197. The van der Waals surface area contributed by atoms with Crippen LogP contribution in [0.2, 0.25) is 0 Å². The van der Waals surface area contributed by atoms with Gasteiger partial charge in [-0.1, -0.05) is 18.2 Å². The summed E-state index contributed by atoms with van der Waals surface area (Å²) >= 11 is 0. The Labute approximate surface area is 187 Å². The number of nitrogens with one attached hydrogen (secondary N) is 1. The number of furan rings is 1. The molecule has 5 rings (SSSR count). The van der Waals surface area contributed by atoms with Crippen molar-refractivity contribution in [3.63, 3.8) is 0 Å². The number of hydrogen-bond donors (Lipinski definition) is 1. The molecule has 0 fully saturated rings. The predicted molar refractivity (Wildman–Crippen MR) is 128 cm³/mol. The second-order valence-corrected chi connectivity index (χ2v) is 8.19.